The minimum atomic E-state index is -4.31. The van der Waals surface area contributed by atoms with Crippen molar-refractivity contribution in [1.29, 1.82) is 0 Å². The molecular weight excluding hydrogens is 1960 g/mol. The number of fused-ring (bicyclic) bond motifs is 5. The van der Waals surface area contributed by atoms with Gasteiger partial charge in [-0.3, -0.25) is 24.1 Å². The molecule has 0 spiro atoms. The highest BCUT2D eigenvalue weighted by Gasteiger charge is 2.32. The van der Waals surface area contributed by atoms with Crippen LogP contribution in [-0.2, 0) is 52.0 Å². The molecule has 786 valence electrons. The van der Waals surface area contributed by atoms with Gasteiger partial charge in [0, 0.05) is 151 Å². The second-order valence-corrected chi connectivity index (χ2v) is 41.8. The summed E-state index contributed by atoms with van der Waals surface area (Å²) in [6.45, 7) is 25.5. The first-order valence-electron chi connectivity index (χ1n) is 52.5. The molecule has 0 atom stereocenters. The molecule has 0 radical (unpaired) electrons. The summed E-state index contributed by atoms with van der Waals surface area (Å²) in [4.78, 5) is 68.9. The number of methoxy groups -OCH3 is 4. The molecule has 0 bridgehead atoms. The van der Waals surface area contributed by atoms with Crippen molar-refractivity contribution < 1.29 is 56.0 Å². The predicted octanol–water partition coefficient (Wildman–Crippen LogP) is 25.8. The number of ketones is 1. The number of likely N-dealkylation sites (tertiary alicyclic amines) is 3. The number of aryl methyl sites for hydroxylation is 5. The molecule has 149 heavy (non-hydrogen) atoms. The number of unbranched alkanes of at least 4 members (excludes halogenated alkanes) is 1. The smallest absolute Gasteiger partial charge is 0.416 e. The predicted molar refractivity (Wildman–Crippen MR) is 598 cm³/mol. The van der Waals surface area contributed by atoms with Crippen LogP contribution in [0.3, 0.4) is 0 Å². The number of hydrogen-bond acceptors (Lipinski definition) is 16. The van der Waals surface area contributed by atoms with Crippen molar-refractivity contribution in [3.05, 3.63) is 313 Å². The number of piperazine rings is 1. The van der Waals surface area contributed by atoms with Gasteiger partial charge in [-0.1, -0.05) is 176 Å². The van der Waals surface area contributed by atoms with E-state index >= 15 is 0 Å². The number of ether oxygens (including phenoxy) is 5. The van der Waals surface area contributed by atoms with E-state index < -0.39 is 11.7 Å². The van der Waals surface area contributed by atoms with Crippen LogP contribution in [0.1, 0.15) is 184 Å². The van der Waals surface area contributed by atoms with E-state index in [1.54, 1.807) is 47.5 Å². The number of hydrogen-bond donors (Lipinski definition) is 3. The normalized spacial score (nSPS) is 14.8. The van der Waals surface area contributed by atoms with Crippen LogP contribution in [-0.4, -0.2) is 193 Å². The second-order valence-electron chi connectivity index (χ2n) is 39.5. The van der Waals surface area contributed by atoms with Crippen LogP contribution in [0.25, 0.3) is 53.8 Å². The summed E-state index contributed by atoms with van der Waals surface area (Å²) in [7, 11) is 6.69. The van der Waals surface area contributed by atoms with Crippen LogP contribution < -0.4 is 44.5 Å². The number of alkyl halides is 3. The Labute approximate surface area is 892 Å². The van der Waals surface area contributed by atoms with E-state index in [0.29, 0.717) is 63.8 Å². The number of nitrogens with zero attached hydrogens (tertiary/aromatic N) is 10. The van der Waals surface area contributed by atoms with E-state index in [1.165, 1.54) is 73.3 Å². The molecule has 10 aromatic carbocycles. The number of carbonyl (C=O) groups is 4. The van der Waals surface area contributed by atoms with Crippen LogP contribution in [0, 0.1) is 18.8 Å². The van der Waals surface area contributed by atoms with Crippen LogP contribution in [0.2, 0.25) is 15.1 Å². The third kappa shape index (κ3) is 29.3. The van der Waals surface area contributed by atoms with E-state index in [-0.39, 0.29) is 23.5 Å². The fourth-order valence-corrected chi connectivity index (χ4v) is 22.9. The number of nitrogens with one attached hydrogen (secondary N) is 3. The minimum Gasteiger partial charge on any atom is -0.495 e. The van der Waals surface area contributed by atoms with Crippen LogP contribution in [0.5, 0.6) is 28.7 Å². The lowest BCUT2D eigenvalue weighted by Crippen LogP contribution is -2.46. The second kappa shape index (κ2) is 53.4. The maximum absolute atomic E-state index is 13.2. The summed E-state index contributed by atoms with van der Waals surface area (Å²) in [5.41, 5.74) is 12.2. The molecule has 3 N–H and O–H groups in total. The lowest BCUT2D eigenvalue weighted by atomic mass is 9.91. The van der Waals surface area contributed by atoms with Crippen molar-refractivity contribution in [3.63, 3.8) is 0 Å². The van der Waals surface area contributed by atoms with Gasteiger partial charge in [-0.2, -0.15) is 13.2 Å². The van der Waals surface area contributed by atoms with Crippen LogP contribution in [0.4, 0.5) is 18.9 Å². The quantitative estimate of drug-likeness (QED) is 0.0307. The summed E-state index contributed by atoms with van der Waals surface area (Å²) >= 11 is 20.0. The molecule has 0 aliphatic carbocycles. The zero-order valence-electron chi connectivity index (χ0n) is 86.6. The number of anilines is 1. The first-order valence-corrected chi connectivity index (χ1v) is 54.5. The molecule has 5 aromatic heterocycles. The standard InChI is InChI=1S/C33H37Cl2N3O3.C32H33ClN4O2S.C30H41N3O2.C25H28F3N3O2/c1-40-31-8-3-7-29-30(33(39)36-22-25-5-2-6-27(35)21-25)23-38(32(29)31)17-4-16-37-18-13-24(14-19-37)15-20-41-28-11-9-26(34)10-12-28;1-39-28-11-5-9-25-26(31(38)34-20-22-7-4-8-24(33)19-22)21-37(30(25)28)16-6-15-36-17-13-23(14-18-36)32-35-27-10-2-3-12-29(27)40-32;1-4-5-10-24-14-18-32(19-15-24)16-8-17-33-22-27(26-12-7-13-28(35-3)29(26)33)30(34)31-21-25-11-6-9-23(2)20-25;1-18(32)22-17-31(24-21(22)5-3-6-23(24)33-2)12-4-11-29-13-15-30(16-14-29)20-9-7-19(8-10-20)25(26,27)28/h2-3,5-12,21,23-24H,4,13-20,22H2,1H3,(H,36,39);2-5,7-12,19,21,23H,6,13-18,20H2,1H3,(H,34,38);6-7,9,11-13,20,22,24H,4-5,8,10,14-19,21H2,1-3H3,(H,31,34);3,5-10,17H,4,11-16H2,1-2H3. The third-order valence-electron chi connectivity index (χ3n) is 29.3. The van der Waals surface area contributed by atoms with Gasteiger partial charge in [-0.05, 0) is 288 Å². The van der Waals surface area contributed by atoms with Gasteiger partial charge in [-0.15, -0.1) is 11.3 Å². The van der Waals surface area contributed by atoms with Gasteiger partial charge in [0.15, 0.2) is 5.78 Å². The van der Waals surface area contributed by atoms with Crippen molar-refractivity contribution in [2.45, 2.75) is 169 Å². The molecule has 19 rings (SSSR count). The maximum atomic E-state index is 13.2. The number of Topliss-reactive ketones (excluding diaryl/α,β-unsaturated/α-hetero) is 1. The van der Waals surface area contributed by atoms with Crippen molar-refractivity contribution >= 4 is 129 Å². The van der Waals surface area contributed by atoms with E-state index in [2.05, 4.69) is 109 Å². The van der Waals surface area contributed by atoms with Crippen LogP contribution in [0.15, 0.2) is 243 Å². The van der Waals surface area contributed by atoms with Gasteiger partial charge in [0.05, 0.1) is 94.6 Å². The monoisotopic (exact) mass is 2100 g/mol. The van der Waals surface area contributed by atoms with Gasteiger partial charge in [0.25, 0.3) is 17.7 Å². The lowest BCUT2D eigenvalue weighted by molar-refractivity contribution is -0.137. The highest BCUT2D eigenvalue weighted by molar-refractivity contribution is 7.18. The Hall–Kier alpha value is -12.4. The summed E-state index contributed by atoms with van der Waals surface area (Å²) in [6.07, 6.45) is 20.0. The highest BCUT2D eigenvalue weighted by atomic mass is 35.5. The Morgan fingerprint density at radius 2 is 0.799 bits per heavy atom. The Morgan fingerprint density at radius 3 is 1.20 bits per heavy atom. The molecule has 29 heteroatoms. The number of amides is 3. The Morgan fingerprint density at radius 1 is 0.409 bits per heavy atom. The Kier molecular flexibility index (Phi) is 39.2. The summed E-state index contributed by atoms with van der Waals surface area (Å²) in [5.74, 6) is 5.96. The van der Waals surface area contributed by atoms with E-state index in [9.17, 15) is 32.3 Å². The average molecular weight is 2100 g/mol. The molecule has 3 amide bonds. The number of benzene rings is 10. The van der Waals surface area contributed by atoms with E-state index in [0.717, 1.165) is 280 Å². The van der Waals surface area contributed by atoms with Crippen molar-refractivity contribution in [2.24, 2.45) is 11.8 Å². The Bertz CT molecular complexity index is 6920. The largest absolute Gasteiger partial charge is 0.495 e. The first kappa shape index (κ1) is 109. The Balaban J connectivity index is 0.000000142. The lowest BCUT2D eigenvalue weighted by Gasteiger charge is -2.36. The number of piperidine rings is 3. The SMILES string of the molecule is CCCCC1CCN(CCCn2cc(C(=O)NCc3cccc(C)c3)c3cccc(OC)c32)CC1.COc1cccc2c(C(=O)NCc3cccc(Cl)c3)cn(CCCN3CCC(CCOc4ccc(Cl)cc4)CC3)c12.COc1cccc2c(C(=O)NCc3cccc(Cl)c3)cn(CCCN3CCC(c4nc5ccccc5s4)CC3)c12.COc1cccc2c(C(C)=O)cn(CCCN3CCN(c4ccc(C(F)(F)F)cc4)CC3)c12. The fourth-order valence-electron chi connectivity index (χ4n) is 21.2. The molecule has 15 aromatic rings. The van der Waals surface area contributed by atoms with Crippen LogP contribution >= 0.6 is 46.1 Å². The summed E-state index contributed by atoms with van der Waals surface area (Å²) in [6, 6.07) is 68.2. The minimum absolute atomic E-state index is 0.0337. The van der Waals surface area contributed by atoms with Gasteiger partial charge in [0.2, 0.25) is 0 Å². The number of para-hydroxylation sites is 5. The number of aromatic nitrogens is 5. The van der Waals surface area contributed by atoms with E-state index in [1.807, 2.05) is 194 Å². The number of carbonyl (C=O) groups excluding carboxylic acids is 4. The molecule has 22 nitrogen and oxygen atoms in total. The summed E-state index contributed by atoms with van der Waals surface area (Å²) in [5, 5.41) is 16.2. The highest BCUT2D eigenvalue weighted by Crippen LogP contribution is 2.40. The van der Waals surface area contributed by atoms with Gasteiger partial charge < -0.3 is 77.5 Å². The molecular formula is C120H139Cl3F3N13O9S. The zero-order chi connectivity index (χ0) is 104. The first-order chi connectivity index (χ1) is 72.4. The number of rotatable bonds is 39. The molecule has 0 saturated carbocycles. The maximum Gasteiger partial charge on any atom is 0.416 e. The van der Waals surface area contributed by atoms with E-state index in [4.69, 9.17) is 63.5 Å². The van der Waals surface area contributed by atoms with Crippen molar-refractivity contribution in [3.8, 4) is 28.7 Å². The zero-order valence-corrected chi connectivity index (χ0v) is 89.7. The topological polar surface area (TPSA) is 199 Å². The molecule has 4 fully saturated rings. The molecule has 4 aliphatic rings. The molecule has 4 aliphatic heterocycles. The fraction of sp³-hybridized carbons (Fsp3) is 0.392. The van der Waals surface area contributed by atoms with Crippen molar-refractivity contribution in [1.82, 2.24) is 58.8 Å². The molecule has 9 heterocycles. The average Bonchev–Trinajstić information content (AvgIpc) is 1.64. The van der Waals surface area contributed by atoms with Gasteiger partial charge >= 0.3 is 6.18 Å². The van der Waals surface area contributed by atoms with Gasteiger partial charge in [-0.25, -0.2) is 4.98 Å². The number of halogens is 6. The molecule has 4 saturated heterocycles. The van der Waals surface area contributed by atoms with Crippen molar-refractivity contribution in [2.75, 3.05) is 132 Å². The number of thiazole rings is 1. The summed E-state index contributed by atoms with van der Waals surface area (Å²) < 4.78 is 76.8. The molecule has 0 unspecified atom stereocenters. The third-order valence-corrected chi connectivity index (χ3v) is 31.2. The van der Waals surface area contributed by atoms with Gasteiger partial charge in [0.1, 0.15) is 28.7 Å².